The Morgan fingerprint density at radius 1 is 1.15 bits per heavy atom. The normalized spacial score (nSPS) is 11.1. The molecule has 2 rings (SSSR count). The number of carbonyl (C=O) groups is 3. The number of hydrogen-bond acceptors (Lipinski definition) is 7. The number of nitro benzene ring substituents is 1. The Bertz CT molecular complexity index is 1080. The van der Waals surface area contributed by atoms with E-state index in [1.165, 1.54) is 44.6 Å². The van der Waals surface area contributed by atoms with Gasteiger partial charge < -0.3 is 19.7 Å². The molecular formula is C24H27N3O7. The number of Topliss-reactive ketones (excluding diaryl/α,β-unsaturated/α-hetero) is 1. The van der Waals surface area contributed by atoms with Crippen molar-refractivity contribution >= 4 is 23.3 Å². The standard InChI is InChI=1S/C24H27N3O7/c1-5-14-26(24(30)16(2)28)22(18-8-6-7-9-19(18)27(31)32)23(29)25-13-12-17-10-11-20(33-3)21(15-17)34-4/h5-11,15,22H,1,12-14H2,2-4H3,(H,25,29). The first-order valence-corrected chi connectivity index (χ1v) is 10.4. The Morgan fingerprint density at radius 2 is 1.82 bits per heavy atom. The molecule has 0 aliphatic rings. The van der Waals surface area contributed by atoms with Gasteiger partial charge in [-0.1, -0.05) is 24.3 Å². The first-order valence-electron chi connectivity index (χ1n) is 10.4. The number of hydrogen-bond donors (Lipinski definition) is 1. The van der Waals surface area contributed by atoms with Gasteiger partial charge >= 0.3 is 0 Å². The van der Waals surface area contributed by atoms with E-state index in [1.54, 1.807) is 12.1 Å². The SMILES string of the molecule is C=CCN(C(=O)C(C)=O)C(C(=O)NCCc1ccc(OC)c(OC)c1)c1ccccc1[N+](=O)[O-]. The maximum absolute atomic E-state index is 13.3. The second kappa shape index (κ2) is 12.1. The maximum atomic E-state index is 13.3. The molecule has 10 nitrogen and oxygen atoms in total. The van der Waals surface area contributed by atoms with Crippen LogP contribution in [-0.4, -0.2) is 54.7 Å². The molecule has 1 atom stereocenters. The Labute approximate surface area is 197 Å². The van der Waals surface area contributed by atoms with E-state index in [2.05, 4.69) is 11.9 Å². The van der Waals surface area contributed by atoms with Crippen LogP contribution in [0.5, 0.6) is 11.5 Å². The molecule has 2 amide bonds. The summed E-state index contributed by atoms with van der Waals surface area (Å²) in [5.74, 6) is -1.31. The van der Waals surface area contributed by atoms with E-state index in [4.69, 9.17) is 9.47 Å². The van der Waals surface area contributed by atoms with Gasteiger partial charge in [0.25, 0.3) is 11.6 Å². The second-order valence-electron chi connectivity index (χ2n) is 7.25. The molecule has 10 heteroatoms. The number of nitrogens with zero attached hydrogens (tertiary/aromatic N) is 2. The van der Waals surface area contributed by atoms with Crippen molar-refractivity contribution in [3.63, 3.8) is 0 Å². The number of carbonyl (C=O) groups excluding carboxylic acids is 3. The fraction of sp³-hybridized carbons (Fsp3) is 0.292. The van der Waals surface area contributed by atoms with Gasteiger partial charge in [0.05, 0.1) is 24.7 Å². The number of ketones is 1. The monoisotopic (exact) mass is 469 g/mol. The number of rotatable bonds is 12. The van der Waals surface area contributed by atoms with Crippen LogP contribution >= 0.6 is 0 Å². The summed E-state index contributed by atoms with van der Waals surface area (Å²) in [6.45, 7) is 4.66. The summed E-state index contributed by atoms with van der Waals surface area (Å²) < 4.78 is 10.5. The minimum absolute atomic E-state index is 0.00688. The lowest BCUT2D eigenvalue weighted by molar-refractivity contribution is -0.385. The van der Waals surface area contributed by atoms with E-state index in [0.29, 0.717) is 17.9 Å². The summed E-state index contributed by atoms with van der Waals surface area (Å²) in [5.41, 5.74) is 0.503. The fourth-order valence-corrected chi connectivity index (χ4v) is 3.45. The van der Waals surface area contributed by atoms with Crippen LogP contribution < -0.4 is 14.8 Å². The molecule has 0 radical (unpaired) electrons. The molecule has 0 saturated carbocycles. The quantitative estimate of drug-likeness (QED) is 0.219. The van der Waals surface area contributed by atoms with Gasteiger partial charge in [-0.15, -0.1) is 6.58 Å². The zero-order valence-corrected chi connectivity index (χ0v) is 19.3. The van der Waals surface area contributed by atoms with E-state index >= 15 is 0 Å². The van der Waals surface area contributed by atoms with Crippen LogP contribution in [-0.2, 0) is 20.8 Å². The molecule has 34 heavy (non-hydrogen) atoms. The molecule has 2 aromatic rings. The van der Waals surface area contributed by atoms with Crippen LogP contribution in [0.3, 0.4) is 0 Å². The highest BCUT2D eigenvalue weighted by molar-refractivity contribution is 6.35. The molecule has 0 spiro atoms. The molecule has 0 saturated heterocycles. The maximum Gasteiger partial charge on any atom is 0.290 e. The van der Waals surface area contributed by atoms with Gasteiger partial charge in [-0.2, -0.15) is 0 Å². The summed E-state index contributed by atoms with van der Waals surface area (Å²) >= 11 is 0. The predicted octanol–water partition coefficient (Wildman–Crippen LogP) is 2.62. The number of benzene rings is 2. The number of nitro groups is 1. The van der Waals surface area contributed by atoms with Crippen LogP contribution in [0.25, 0.3) is 0 Å². The first-order chi connectivity index (χ1) is 16.2. The molecule has 0 bridgehead atoms. The Morgan fingerprint density at radius 3 is 2.41 bits per heavy atom. The van der Waals surface area contributed by atoms with Crippen molar-refractivity contribution in [2.75, 3.05) is 27.3 Å². The summed E-state index contributed by atoms with van der Waals surface area (Å²) in [6.07, 6.45) is 1.76. The minimum Gasteiger partial charge on any atom is -0.493 e. The summed E-state index contributed by atoms with van der Waals surface area (Å²) in [6, 6.07) is 9.54. The Kier molecular flexibility index (Phi) is 9.30. The lowest BCUT2D eigenvalue weighted by Crippen LogP contribution is -2.46. The minimum atomic E-state index is -1.40. The van der Waals surface area contributed by atoms with Crippen LogP contribution in [0.1, 0.15) is 24.1 Å². The number of ether oxygens (including phenoxy) is 2. The highest BCUT2D eigenvalue weighted by atomic mass is 16.6. The number of amides is 2. The second-order valence-corrected chi connectivity index (χ2v) is 7.25. The lowest BCUT2D eigenvalue weighted by atomic mass is 10.0. The molecular weight excluding hydrogens is 442 g/mol. The zero-order valence-electron chi connectivity index (χ0n) is 19.3. The first kappa shape index (κ1) is 26.0. The van der Waals surface area contributed by atoms with Crippen molar-refractivity contribution in [1.82, 2.24) is 10.2 Å². The molecule has 1 N–H and O–H groups in total. The average molecular weight is 469 g/mol. The highest BCUT2D eigenvalue weighted by Gasteiger charge is 2.36. The third-order valence-electron chi connectivity index (χ3n) is 5.04. The molecule has 1 unspecified atom stereocenters. The van der Waals surface area contributed by atoms with Gasteiger partial charge in [0.2, 0.25) is 11.7 Å². The van der Waals surface area contributed by atoms with Crippen molar-refractivity contribution in [2.45, 2.75) is 19.4 Å². The highest BCUT2D eigenvalue weighted by Crippen LogP contribution is 2.30. The van der Waals surface area contributed by atoms with Crippen LogP contribution in [0.2, 0.25) is 0 Å². The number of methoxy groups -OCH3 is 2. The van der Waals surface area contributed by atoms with Gasteiger partial charge in [-0.25, -0.2) is 0 Å². The predicted molar refractivity (Wildman–Crippen MR) is 125 cm³/mol. The van der Waals surface area contributed by atoms with E-state index < -0.39 is 28.6 Å². The lowest BCUT2D eigenvalue weighted by Gasteiger charge is -2.29. The van der Waals surface area contributed by atoms with Gasteiger partial charge in [0, 0.05) is 26.1 Å². The molecule has 0 fully saturated rings. The zero-order chi connectivity index (χ0) is 25.3. The third kappa shape index (κ3) is 6.18. The summed E-state index contributed by atoms with van der Waals surface area (Å²) in [7, 11) is 3.04. The van der Waals surface area contributed by atoms with Crippen LogP contribution in [0.4, 0.5) is 5.69 Å². The fourth-order valence-electron chi connectivity index (χ4n) is 3.45. The van der Waals surface area contributed by atoms with Gasteiger partial charge in [-0.3, -0.25) is 24.5 Å². The van der Waals surface area contributed by atoms with E-state index in [-0.39, 0.29) is 24.3 Å². The van der Waals surface area contributed by atoms with Crippen molar-refractivity contribution in [3.8, 4) is 11.5 Å². The van der Waals surface area contributed by atoms with Crippen LogP contribution in [0.15, 0.2) is 55.1 Å². The van der Waals surface area contributed by atoms with Gasteiger partial charge in [-0.05, 0) is 30.2 Å². The number of nitrogens with one attached hydrogen (secondary N) is 1. The molecule has 2 aromatic carbocycles. The topological polar surface area (TPSA) is 128 Å². The molecule has 0 aromatic heterocycles. The van der Waals surface area contributed by atoms with Gasteiger partial charge in [0.15, 0.2) is 11.5 Å². The number of para-hydroxylation sites is 1. The summed E-state index contributed by atoms with van der Waals surface area (Å²) in [5, 5.41) is 14.3. The van der Waals surface area contributed by atoms with Crippen molar-refractivity contribution in [3.05, 3.63) is 76.4 Å². The Hall–Kier alpha value is -4.21. The van der Waals surface area contributed by atoms with Gasteiger partial charge in [0.1, 0.15) is 6.04 Å². The van der Waals surface area contributed by atoms with E-state index in [9.17, 15) is 24.5 Å². The third-order valence-corrected chi connectivity index (χ3v) is 5.04. The van der Waals surface area contributed by atoms with Crippen molar-refractivity contribution in [1.29, 1.82) is 0 Å². The molecule has 180 valence electrons. The van der Waals surface area contributed by atoms with Crippen molar-refractivity contribution in [2.24, 2.45) is 0 Å². The summed E-state index contributed by atoms with van der Waals surface area (Å²) in [4.78, 5) is 49.7. The molecule has 0 aliphatic heterocycles. The largest absolute Gasteiger partial charge is 0.493 e. The van der Waals surface area contributed by atoms with E-state index in [0.717, 1.165) is 17.4 Å². The van der Waals surface area contributed by atoms with Crippen molar-refractivity contribution < 1.29 is 28.8 Å². The van der Waals surface area contributed by atoms with Crippen LogP contribution in [0, 0.1) is 10.1 Å². The average Bonchev–Trinajstić information content (AvgIpc) is 2.83. The van der Waals surface area contributed by atoms with E-state index in [1.807, 2.05) is 6.07 Å². The molecule has 0 heterocycles. The Balaban J connectivity index is 2.34. The smallest absolute Gasteiger partial charge is 0.290 e. The molecule has 0 aliphatic carbocycles.